The molecule has 3 aromatic heterocycles. The van der Waals surface area contributed by atoms with Crippen LogP contribution in [-0.4, -0.2) is 34.0 Å². The maximum Gasteiger partial charge on any atom is 0.227 e. The highest BCUT2D eigenvalue weighted by atomic mass is 79.9. The third kappa shape index (κ3) is 4.44. The molecule has 1 aliphatic rings. The third-order valence-electron chi connectivity index (χ3n) is 5.87. The van der Waals surface area contributed by atoms with Crippen molar-refractivity contribution in [2.75, 3.05) is 13.1 Å². The summed E-state index contributed by atoms with van der Waals surface area (Å²) in [4.78, 5) is 19.6. The SMILES string of the molecule is Cc1onc(-c2cccc(Br)c2)c1-c1csc(C2CCN(C(=O)Cc3ccsc3)CC2)n1. The first-order valence-corrected chi connectivity index (χ1v) is 13.2. The molecule has 5 rings (SSSR count). The van der Waals surface area contributed by atoms with Crippen molar-refractivity contribution in [1.82, 2.24) is 15.0 Å². The Morgan fingerprint density at radius 2 is 2.09 bits per heavy atom. The number of aromatic nitrogens is 2. The molecule has 1 aromatic carbocycles. The minimum absolute atomic E-state index is 0.223. The summed E-state index contributed by atoms with van der Waals surface area (Å²) < 4.78 is 6.54. The summed E-state index contributed by atoms with van der Waals surface area (Å²) in [5, 5.41) is 11.6. The molecule has 1 fully saturated rings. The van der Waals surface area contributed by atoms with E-state index in [2.05, 4.69) is 31.8 Å². The lowest BCUT2D eigenvalue weighted by atomic mass is 9.97. The molecule has 0 aliphatic carbocycles. The van der Waals surface area contributed by atoms with Crippen LogP contribution < -0.4 is 0 Å². The summed E-state index contributed by atoms with van der Waals surface area (Å²) in [5.41, 5.74) is 4.79. The van der Waals surface area contributed by atoms with Crippen LogP contribution in [0, 0.1) is 6.92 Å². The van der Waals surface area contributed by atoms with Crippen molar-refractivity contribution in [3.8, 4) is 22.5 Å². The van der Waals surface area contributed by atoms with Gasteiger partial charge in [0.15, 0.2) is 0 Å². The van der Waals surface area contributed by atoms with E-state index in [-0.39, 0.29) is 5.91 Å². The minimum Gasteiger partial charge on any atom is -0.360 e. The molecule has 5 nitrogen and oxygen atoms in total. The molecule has 0 atom stereocenters. The number of likely N-dealkylation sites (tertiary alicyclic amines) is 1. The molecular formula is C24H22BrN3O2S2. The molecule has 1 aliphatic heterocycles. The van der Waals surface area contributed by atoms with Crippen LogP contribution in [0.5, 0.6) is 0 Å². The third-order valence-corrected chi connectivity index (χ3v) is 8.10. The van der Waals surface area contributed by atoms with Crippen LogP contribution in [0.4, 0.5) is 0 Å². The van der Waals surface area contributed by atoms with Gasteiger partial charge in [0.2, 0.25) is 5.91 Å². The van der Waals surface area contributed by atoms with Gasteiger partial charge in [-0.15, -0.1) is 11.3 Å². The van der Waals surface area contributed by atoms with Gasteiger partial charge in [-0.05, 0) is 54.3 Å². The number of aryl methyl sites for hydroxylation is 1. The molecule has 0 bridgehead atoms. The number of piperidine rings is 1. The fraction of sp³-hybridized carbons (Fsp3) is 0.292. The summed E-state index contributed by atoms with van der Waals surface area (Å²) in [6.07, 6.45) is 2.40. The molecule has 1 amide bonds. The van der Waals surface area contributed by atoms with E-state index in [1.807, 2.05) is 47.5 Å². The smallest absolute Gasteiger partial charge is 0.227 e. The maximum absolute atomic E-state index is 12.6. The highest BCUT2D eigenvalue weighted by molar-refractivity contribution is 9.10. The Labute approximate surface area is 203 Å². The predicted octanol–water partition coefficient (Wildman–Crippen LogP) is 6.55. The molecule has 0 N–H and O–H groups in total. The summed E-state index contributed by atoms with van der Waals surface area (Å²) >= 11 is 6.86. The van der Waals surface area contributed by atoms with Crippen molar-refractivity contribution in [2.45, 2.75) is 32.1 Å². The van der Waals surface area contributed by atoms with Crippen LogP contribution in [0.1, 0.15) is 35.1 Å². The Kier molecular flexibility index (Phi) is 6.26. The van der Waals surface area contributed by atoms with E-state index < -0.39 is 0 Å². The molecule has 1 saturated heterocycles. The van der Waals surface area contributed by atoms with Crippen LogP contribution in [0.25, 0.3) is 22.5 Å². The molecule has 0 radical (unpaired) electrons. The van der Waals surface area contributed by atoms with Gasteiger partial charge in [-0.3, -0.25) is 4.79 Å². The number of hydrogen-bond acceptors (Lipinski definition) is 6. The largest absolute Gasteiger partial charge is 0.360 e. The average molecular weight is 528 g/mol. The van der Waals surface area contributed by atoms with Gasteiger partial charge in [-0.1, -0.05) is 33.2 Å². The first-order chi connectivity index (χ1) is 15.6. The minimum atomic E-state index is 0.223. The fourth-order valence-corrected chi connectivity index (χ4v) is 6.20. The Morgan fingerprint density at radius 1 is 1.25 bits per heavy atom. The van der Waals surface area contributed by atoms with E-state index >= 15 is 0 Å². The first kappa shape index (κ1) is 21.6. The monoisotopic (exact) mass is 527 g/mol. The zero-order valence-electron chi connectivity index (χ0n) is 17.6. The Balaban J connectivity index is 1.29. The summed E-state index contributed by atoms with van der Waals surface area (Å²) in [6.45, 7) is 3.51. The Morgan fingerprint density at radius 3 is 2.84 bits per heavy atom. The van der Waals surface area contributed by atoms with E-state index in [0.717, 1.165) is 69.2 Å². The van der Waals surface area contributed by atoms with Crippen LogP contribution >= 0.6 is 38.6 Å². The second kappa shape index (κ2) is 9.29. The van der Waals surface area contributed by atoms with Crippen molar-refractivity contribution < 1.29 is 9.32 Å². The van der Waals surface area contributed by atoms with Crippen LogP contribution in [0.15, 0.2) is 55.5 Å². The molecule has 32 heavy (non-hydrogen) atoms. The first-order valence-electron chi connectivity index (χ1n) is 10.6. The van der Waals surface area contributed by atoms with Crippen LogP contribution in [0.3, 0.4) is 0 Å². The van der Waals surface area contributed by atoms with Gasteiger partial charge in [-0.2, -0.15) is 11.3 Å². The molecule has 4 heterocycles. The van der Waals surface area contributed by atoms with Gasteiger partial charge in [0, 0.05) is 34.4 Å². The van der Waals surface area contributed by atoms with Crippen LogP contribution in [-0.2, 0) is 11.2 Å². The predicted molar refractivity (Wildman–Crippen MR) is 132 cm³/mol. The van der Waals surface area contributed by atoms with E-state index in [4.69, 9.17) is 9.51 Å². The van der Waals surface area contributed by atoms with Crippen molar-refractivity contribution in [3.63, 3.8) is 0 Å². The molecule has 0 saturated carbocycles. The van der Waals surface area contributed by atoms with E-state index in [9.17, 15) is 4.79 Å². The Hall–Kier alpha value is -2.29. The van der Waals surface area contributed by atoms with Crippen molar-refractivity contribution in [1.29, 1.82) is 0 Å². The van der Waals surface area contributed by atoms with Gasteiger partial charge in [0.05, 0.1) is 22.7 Å². The lowest BCUT2D eigenvalue weighted by Crippen LogP contribution is -2.38. The number of thiazole rings is 1. The average Bonchev–Trinajstić information content (AvgIpc) is 3.55. The molecule has 8 heteroatoms. The van der Waals surface area contributed by atoms with E-state index in [1.54, 1.807) is 22.7 Å². The number of rotatable bonds is 5. The summed E-state index contributed by atoms with van der Waals surface area (Å²) in [7, 11) is 0. The van der Waals surface area contributed by atoms with Gasteiger partial charge in [-0.25, -0.2) is 4.98 Å². The van der Waals surface area contributed by atoms with Gasteiger partial charge in [0.1, 0.15) is 11.5 Å². The normalized spacial score (nSPS) is 14.8. The lowest BCUT2D eigenvalue weighted by Gasteiger charge is -2.31. The number of carbonyl (C=O) groups is 1. The topological polar surface area (TPSA) is 59.2 Å². The highest BCUT2D eigenvalue weighted by Crippen LogP contribution is 2.38. The number of amides is 1. The second-order valence-corrected chi connectivity index (χ2v) is 10.6. The molecule has 0 unspecified atom stereocenters. The number of benzene rings is 1. The number of thiophene rings is 1. The lowest BCUT2D eigenvalue weighted by molar-refractivity contribution is -0.131. The highest BCUT2D eigenvalue weighted by Gasteiger charge is 2.27. The van der Waals surface area contributed by atoms with Crippen molar-refractivity contribution in [3.05, 3.63) is 67.3 Å². The van der Waals surface area contributed by atoms with Crippen molar-refractivity contribution >= 4 is 44.5 Å². The summed E-state index contributed by atoms with van der Waals surface area (Å²) in [6, 6.07) is 10.1. The van der Waals surface area contributed by atoms with Crippen LogP contribution in [0.2, 0.25) is 0 Å². The zero-order valence-corrected chi connectivity index (χ0v) is 20.8. The fourth-order valence-electron chi connectivity index (χ4n) is 4.15. The second-order valence-electron chi connectivity index (χ2n) is 8.01. The quantitative estimate of drug-likeness (QED) is 0.295. The number of halogens is 1. The maximum atomic E-state index is 12.6. The summed E-state index contributed by atoms with van der Waals surface area (Å²) in [5.74, 6) is 1.37. The number of nitrogens with zero attached hydrogens (tertiary/aromatic N) is 3. The number of carbonyl (C=O) groups excluding carboxylic acids is 1. The van der Waals surface area contributed by atoms with Gasteiger partial charge in [0.25, 0.3) is 0 Å². The number of hydrogen-bond donors (Lipinski definition) is 0. The molecule has 0 spiro atoms. The van der Waals surface area contributed by atoms with E-state index in [0.29, 0.717) is 12.3 Å². The van der Waals surface area contributed by atoms with Gasteiger partial charge < -0.3 is 9.42 Å². The molecule has 4 aromatic rings. The van der Waals surface area contributed by atoms with Gasteiger partial charge >= 0.3 is 0 Å². The van der Waals surface area contributed by atoms with E-state index in [1.165, 1.54) is 0 Å². The zero-order chi connectivity index (χ0) is 22.1. The Bertz CT molecular complexity index is 1220. The standard InChI is InChI=1S/C24H22BrN3O2S2/c1-15-22(23(27-30-15)18-3-2-4-19(25)12-18)20-14-32-24(26-20)17-5-8-28(9-6-17)21(29)11-16-7-10-31-13-16/h2-4,7,10,12-14,17H,5-6,8-9,11H2,1H3. The molecule has 164 valence electrons. The molecular weight excluding hydrogens is 506 g/mol. The van der Waals surface area contributed by atoms with Crippen molar-refractivity contribution in [2.24, 2.45) is 0 Å².